The highest BCUT2D eigenvalue weighted by Gasteiger charge is 2.40. The van der Waals surface area contributed by atoms with E-state index < -0.39 is 26.0 Å². The fraction of sp³-hybridized carbons (Fsp3) is 0.172. The van der Waals surface area contributed by atoms with E-state index in [1.807, 2.05) is 124 Å². The summed E-state index contributed by atoms with van der Waals surface area (Å²) in [5, 5.41) is 0. The zero-order valence-electron chi connectivity index (χ0n) is 20.1. The minimum absolute atomic E-state index is 0.232. The van der Waals surface area contributed by atoms with Crippen LogP contribution in [0.25, 0.3) is 0 Å². The van der Waals surface area contributed by atoms with Gasteiger partial charge in [0.05, 0.1) is 4.90 Å². The molecular formula is C29H30O4S2. The zero-order valence-corrected chi connectivity index (χ0v) is 21.8. The molecule has 0 aliphatic rings. The highest BCUT2D eigenvalue weighted by atomic mass is 32.3. The quantitative estimate of drug-likeness (QED) is 0.247. The molecule has 0 aromatic heterocycles. The monoisotopic (exact) mass is 506 g/mol. The van der Waals surface area contributed by atoms with Gasteiger partial charge in [0, 0.05) is 9.79 Å². The first-order valence-corrected chi connectivity index (χ1v) is 14.5. The minimum Gasteiger partial charge on any atom is -0.487 e. The Bertz CT molecular complexity index is 1310. The van der Waals surface area contributed by atoms with Crippen LogP contribution in [0.15, 0.2) is 130 Å². The first-order valence-electron chi connectivity index (χ1n) is 11.4. The van der Waals surface area contributed by atoms with E-state index in [2.05, 4.69) is 0 Å². The van der Waals surface area contributed by atoms with Crippen LogP contribution in [0.5, 0.6) is 5.75 Å². The molecule has 0 aliphatic heterocycles. The SMILES string of the molecule is CC(C)(C)Oc1ccccc1S(OS(=O)(=O)Cc1ccccc1)(c1ccccc1)c1ccccc1. The van der Waals surface area contributed by atoms with Crippen molar-refractivity contribution in [3.63, 3.8) is 0 Å². The molecule has 0 fully saturated rings. The number of benzene rings is 4. The molecule has 182 valence electrons. The third-order valence-corrected chi connectivity index (χ3v) is 10.3. The molecule has 4 aromatic carbocycles. The average molecular weight is 507 g/mol. The van der Waals surface area contributed by atoms with E-state index in [0.717, 1.165) is 9.79 Å². The summed E-state index contributed by atoms with van der Waals surface area (Å²) >= 11 is 0. The van der Waals surface area contributed by atoms with Gasteiger partial charge >= 0.3 is 0 Å². The van der Waals surface area contributed by atoms with E-state index in [-0.39, 0.29) is 5.75 Å². The van der Waals surface area contributed by atoms with Gasteiger partial charge in [-0.25, -0.2) is 3.63 Å². The molecule has 0 heterocycles. The van der Waals surface area contributed by atoms with Gasteiger partial charge in [-0.15, -0.1) is 0 Å². The molecule has 0 saturated heterocycles. The van der Waals surface area contributed by atoms with Crippen molar-refractivity contribution < 1.29 is 16.8 Å². The number of hydrogen-bond acceptors (Lipinski definition) is 4. The summed E-state index contributed by atoms with van der Waals surface area (Å²) in [6.45, 7) is 5.91. The molecule has 0 atom stereocenters. The van der Waals surface area contributed by atoms with Gasteiger partial charge < -0.3 is 4.74 Å². The van der Waals surface area contributed by atoms with Crippen molar-refractivity contribution in [1.29, 1.82) is 0 Å². The second kappa shape index (κ2) is 10.3. The van der Waals surface area contributed by atoms with Crippen LogP contribution in [-0.4, -0.2) is 14.0 Å². The molecular weight excluding hydrogens is 476 g/mol. The summed E-state index contributed by atoms with van der Waals surface area (Å²) in [6.07, 6.45) is 0. The van der Waals surface area contributed by atoms with Crippen LogP contribution in [0.3, 0.4) is 0 Å². The lowest BCUT2D eigenvalue weighted by Crippen LogP contribution is -2.24. The molecule has 4 aromatic rings. The zero-order chi connectivity index (χ0) is 24.9. The Hall–Kier alpha value is -3.06. The van der Waals surface area contributed by atoms with E-state index in [4.69, 9.17) is 8.37 Å². The molecule has 0 aliphatic carbocycles. The molecule has 35 heavy (non-hydrogen) atoms. The van der Waals surface area contributed by atoms with Gasteiger partial charge in [-0.1, -0.05) is 78.9 Å². The van der Waals surface area contributed by atoms with Crippen LogP contribution in [-0.2, 0) is 19.5 Å². The second-order valence-electron chi connectivity index (χ2n) is 9.10. The van der Waals surface area contributed by atoms with E-state index in [9.17, 15) is 8.42 Å². The smallest absolute Gasteiger partial charge is 0.281 e. The summed E-state index contributed by atoms with van der Waals surface area (Å²) in [4.78, 5) is 2.24. The van der Waals surface area contributed by atoms with Crippen molar-refractivity contribution in [3.05, 3.63) is 121 Å². The third-order valence-electron chi connectivity index (χ3n) is 5.12. The molecule has 0 N–H and O–H groups in total. The standard InChI is InChI=1S/C29H30O4S2/c1-29(2,3)32-27-21-13-14-22-28(27)35(25-17-9-5-10-18-25,26-19-11-6-12-20-26)33-34(30,31)23-24-15-7-4-8-16-24/h4-22H,23H2,1-3H3. The van der Waals surface area contributed by atoms with E-state index >= 15 is 0 Å². The van der Waals surface area contributed by atoms with Crippen molar-refractivity contribution in [3.8, 4) is 5.75 Å². The van der Waals surface area contributed by atoms with Gasteiger partial charge in [-0.05, 0) is 73.0 Å². The summed E-state index contributed by atoms with van der Waals surface area (Å²) in [6, 6.07) is 35.8. The van der Waals surface area contributed by atoms with Gasteiger partial charge in [0.15, 0.2) is 0 Å². The van der Waals surface area contributed by atoms with Crippen LogP contribution in [0.4, 0.5) is 0 Å². The van der Waals surface area contributed by atoms with Gasteiger partial charge in [0.25, 0.3) is 10.1 Å². The topological polar surface area (TPSA) is 52.6 Å². The molecule has 4 nitrogen and oxygen atoms in total. The van der Waals surface area contributed by atoms with E-state index in [0.29, 0.717) is 16.2 Å². The molecule has 0 radical (unpaired) electrons. The Kier molecular flexibility index (Phi) is 7.36. The molecule has 0 unspecified atom stereocenters. The minimum atomic E-state index is -4.02. The Labute approximate surface area is 210 Å². The van der Waals surface area contributed by atoms with Crippen LogP contribution in [0.2, 0.25) is 0 Å². The maximum atomic E-state index is 13.7. The largest absolute Gasteiger partial charge is 0.487 e. The van der Waals surface area contributed by atoms with Crippen molar-refractivity contribution >= 4 is 20.4 Å². The number of para-hydroxylation sites is 1. The Morgan fingerprint density at radius 3 is 1.60 bits per heavy atom. The second-order valence-corrected chi connectivity index (χ2v) is 13.5. The average Bonchev–Trinajstić information content (AvgIpc) is 2.83. The lowest BCUT2D eigenvalue weighted by Gasteiger charge is -2.40. The molecule has 6 heteroatoms. The Morgan fingerprint density at radius 2 is 1.09 bits per heavy atom. The Balaban J connectivity index is 1.98. The van der Waals surface area contributed by atoms with Crippen molar-refractivity contribution in [2.75, 3.05) is 0 Å². The highest BCUT2D eigenvalue weighted by molar-refractivity contribution is 8.33. The number of hydrogen-bond donors (Lipinski definition) is 0. The summed E-state index contributed by atoms with van der Waals surface area (Å²) in [5.41, 5.74) is 0.179. The van der Waals surface area contributed by atoms with Gasteiger partial charge in [-0.2, -0.15) is 8.42 Å². The van der Waals surface area contributed by atoms with Crippen LogP contribution < -0.4 is 4.74 Å². The summed E-state index contributed by atoms with van der Waals surface area (Å²) in [5.74, 6) is 0.363. The van der Waals surface area contributed by atoms with Crippen LogP contribution in [0, 0.1) is 0 Å². The maximum absolute atomic E-state index is 13.7. The van der Waals surface area contributed by atoms with Crippen LogP contribution in [0.1, 0.15) is 26.3 Å². The summed E-state index contributed by atoms with van der Waals surface area (Å²) < 4.78 is 40.2. The maximum Gasteiger partial charge on any atom is 0.281 e. The molecule has 4 rings (SSSR count). The fourth-order valence-corrected chi connectivity index (χ4v) is 9.27. The summed E-state index contributed by atoms with van der Waals surface area (Å²) in [7, 11) is -6.74. The van der Waals surface area contributed by atoms with Crippen molar-refractivity contribution in [2.24, 2.45) is 0 Å². The Morgan fingerprint density at radius 1 is 0.629 bits per heavy atom. The normalized spacial score (nSPS) is 12.8. The van der Waals surface area contributed by atoms with Gasteiger partial charge in [-0.3, -0.25) is 0 Å². The van der Waals surface area contributed by atoms with E-state index in [1.165, 1.54) is 0 Å². The van der Waals surface area contributed by atoms with Gasteiger partial charge in [0.2, 0.25) is 0 Å². The molecule has 0 amide bonds. The lowest BCUT2D eigenvalue weighted by molar-refractivity contribution is 0.126. The fourth-order valence-electron chi connectivity index (χ4n) is 3.79. The predicted octanol–water partition coefficient (Wildman–Crippen LogP) is 7.61. The first kappa shape index (κ1) is 25.0. The third kappa shape index (κ3) is 5.96. The van der Waals surface area contributed by atoms with Crippen molar-refractivity contribution in [1.82, 2.24) is 0 Å². The van der Waals surface area contributed by atoms with Crippen LogP contribution >= 0.6 is 10.3 Å². The first-order chi connectivity index (χ1) is 16.7. The number of ether oxygens (including phenoxy) is 1. The highest BCUT2D eigenvalue weighted by Crippen LogP contribution is 2.72. The van der Waals surface area contributed by atoms with E-state index in [1.54, 1.807) is 12.1 Å². The van der Waals surface area contributed by atoms with Crippen molar-refractivity contribution in [2.45, 2.75) is 46.8 Å². The molecule has 0 bridgehead atoms. The number of rotatable bonds is 8. The molecule has 0 saturated carbocycles. The lowest BCUT2D eigenvalue weighted by atomic mass is 10.2. The predicted molar refractivity (Wildman–Crippen MR) is 142 cm³/mol. The molecule has 0 spiro atoms. The van der Waals surface area contributed by atoms with Gasteiger partial charge in [0.1, 0.15) is 17.1 Å².